The van der Waals surface area contributed by atoms with Crippen LogP contribution in [0.25, 0.3) is 0 Å². The summed E-state index contributed by atoms with van der Waals surface area (Å²) in [7, 11) is 2.13. The van der Waals surface area contributed by atoms with Gasteiger partial charge >= 0.3 is 0 Å². The molecule has 1 fully saturated rings. The Balaban J connectivity index is 2.30. The SMILES string of the molecule is CC(C)C(C)N(C)C1CO1. The topological polar surface area (TPSA) is 15.8 Å². The highest BCUT2D eigenvalue weighted by Crippen LogP contribution is 2.19. The van der Waals surface area contributed by atoms with E-state index >= 15 is 0 Å². The number of ether oxygens (including phenoxy) is 1. The van der Waals surface area contributed by atoms with Crippen molar-refractivity contribution in [3.05, 3.63) is 0 Å². The Labute approximate surface area is 63.2 Å². The van der Waals surface area contributed by atoms with Gasteiger partial charge in [0.05, 0.1) is 6.61 Å². The minimum Gasteiger partial charge on any atom is -0.357 e. The molecule has 0 aromatic heterocycles. The molecule has 0 radical (unpaired) electrons. The van der Waals surface area contributed by atoms with Crippen LogP contribution in [0, 0.1) is 5.92 Å². The molecule has 0 spiro atoms. The molecular formula is C8H17NO. The van der Waals surface area contributed by atoms with Gasteiger partial charge in [0.15, 0.2) is 0 Å². The molecule has 2 heteroatoms. The first kappa shape index (κ1) is 8.02. The monoisotopic (exact) mass is 143 g/mol. The molecule has 0 aromatic carbocycles. The minimum atomic E-state index is 0.414. The number of hydrogen-bond donors (Lipinski definition) is 0. The highest BCUT2D eigenvalue weighted by atomic mass is 16.6. The lowest BCUT2D eigenvalue weighted by molar-refractivity contribution is 0.136. The van der Waals surface area contributed by atoms with Gasteiger partial charge in [-0.25, -0.2) is 0 Å². The van der Waals surface area contributed by atoms with Gasteiger partial charge in [0, 0.05) is 6.04 Å². The second-order valence-electron chi connectivity index (χ2n) is 3.44. The first-order chi connectivity index (χ1) is 4.63. The van der Waals surface area contributed by atoms with Crippen molar-refractivity contribution in [2.24, 2.45) is 5.92 Å². The Kier molecular flexibility index (Phi) is 2.32. The van der Waals surface area contributed by atoms with Crippen LogP contribution in [-0.4, -0.2) is 30.8 Å². The summed E-state index contributed by atoms with van der Waals surface area (Å²) in [5, 5.41) is 0. The van der Waals surface area contributed by atoms with Crippen LogP contribution in [0.5, 0.6) is 0 Å². The maximum atomic E-state index is 5.17. The van der Waals surface area contributed by atoms with Crippen LogP contribution in [0.1, 0.15) is 20.8 Å². The van der Waals surface area contributed by atoms with Crippen LogP contribution in [0.3, 0.4) is 0 Å². The van der Waals surface area contributed by atoms with Crippen molar-refractivity contribution in [3.8, 4) is 0 Å². The van der Waals surface area contributed by atoms with Crippen molar-refractivity contribution >= 4 is 0 Å². The first-order valence-corrected chi connectivity index (χ1v) is 3.96. The average Bonchev–Trinajstić information content (AvgIpc) is 2.65. The van der Waals surface area contributed by atoms with Crippen molar-refractivity contribution in [2.75, 3.05) is 13.7 Å². The fourth-order valence-electron chi connectivity index (χ4n) is 1.01. The van der Waals surface area contributed by atoms with Crippen molar-refractivity contribution in [1.29, 1.82) is 0 Å². The standard InChI is InChI=1S/C8H17NO/c1-6(2)7(3)9(4)8-5-10-8/h6-8H,5H2,1-4H3. The molecule has 0 bridgehead atoms. The molecule has 1 heterocycles. The van der Waals surface area contributed by atoms with Gasteiger partial charge in [0.1, 0.15) is 6.23 Å². The fourth-order valence-corrected chi connectivity index (χ4v) is 1.01. The smallest absolute Gasteiger partial charge is 0.134 e. The van der Waals surface area contributed by atoms with E-state index in [0.29, 0.717) is 18.2 Å². The summed E-state index contributed by atoms with van der Waals surface area (Å²) < 4.78 is 5.17. The fraction of sp³-hybridized carbons (Fsp3) is 1.00. The number of rotatable bonds is 3. The Bertz CT molecular complexity index is 104. The molecule has 0 saturated carbocycles. The van der Waals surface area contributed by atoms with Crippen LogP contribution in [-0.2, 0) is 4.74 Å². The molecule has 1 aliphatic heterocycles. The van der Waals surface area contributed by atoms with E-state index in [1.165, 1.54) is 0 Å². The molecule has 2 nitrogen and oxygen atoms in total. The van der Waals surface area contributed by atoms with Crippen molar-refractivity contribution < 1.29 is 4.74 Å². The van der Waals surface area contributed by atoms with E-state index in [0.717, 1.165) is 6.61 Å². The van der Waals surface area contributed by atoms with Gasteiger partial charge in [-0.15, -0.1) is 0 Å². The molecule has 0 N–H and O–H groups in total. The van der Waals surface area contributed by atoms with Gasteiger partial charge < -0.3 is 4.74 Å². The lowest BCUT2D eigenvalue weighted by Gasteiger charge is -2.25. The van der Waals surface area contributed by atoms with E-state index in [2.05, 4.69) is 32.7 Å². The van der Waals surface area contributed by atoms with Gasteiger partial charge in [-0.3, -0.25) is 4.90 Å². The number of hydrogen-bond acceptors (Lipinski definition) is 2. The van der Waals surface area contributed by atoms with E-state index in [-0.39, 0.29) is 0 Å². The third kappa shape index (κ3) is 1.70. The molecular weight excluding hydrogens is 126 g/mol. The molecule has 0 aliphatic carbocycles. The molecule has 1 saturated heterocycles. The zero-order chi connectivity index (χ0) is 7.72. The third-order valence-corrected chi connectivity index (χ3v) is 2.38. The van der Waals surface area contributed by atoms with Crippen LogP contribution in [0.2, 0.25) is 0 Å². The average molecular weight is 143 g/mol. The Morgan fingerprint density at radius 3 is 2.20 bits per heavy atom. The molecule has 1 rings (SSSR count). The zero-order valence-electron chi connectivity index (χ0n) is 7.29. The Morgan fingerprint density at radius 2 is 1.90 bits per heavy atom. The summed E-state index contributed by atoms with van der Waals surface area (Å²) in [5.41, 5.74) is 0. The first-order valence-electron chi connectivity index (χ1n) is 3.96. The predicted octanol–water partition coefficient (Wildman–Crippen LogP) is 1.32. The van der Waals surface area contributed by atoms with Crippen LogP contribution >= 0.6 is 0 Å². The largest absolute Gasteiger partial charge is 0.357 e. The zero-order valence-corrected chi connectivity index (χ0v) is 7.29. The van der Waals surface area contributed by atoms with E-state index < -0.39 is 0 Å². The Morgan fingerprint density at radius 1 is 1.40 bits per heavy atom. The highest BCUT2D eigenvalue weighted by molar-refractivity contribution is 4.75. The minimum absolute atomic E-state index is 0.414. The third-order valence-electron chi connectivity index (χ3n) is 2.38. The van der Waals surface area contributed by atoms with Crippen molar-refractivity contribution in [3.63, 3.8) is 0 Å². The normalized spacial score (nSPS) is 27.6. The molecule has 60 valence electrons. The summed E-state index contributed by atoms with van der Waals surface area (Å²) in [6.45, 7) is 7.65. The van der Waals surface area contributed by atoms with Crippen LogP contribution in [0.4, 0.5) is 0 Å². The number of epoxide rings is 1. The maximum Gasteiger partial charge on any atom is 0.134 e. The quantitative estimate of drug-likeness (QED) is 0.554. The second-order valence-corrected chi connectivity index (χ2v) is 3.44. The molecule has 2 atom stereocenters. The summed E-state index contributed by atoms with van der Waals surface area (Å²) in [6.07, 6.45) is 0.414. The second kappa shape index (κ2) is 2.89. The van der Waals surface area contributed by atoms with E-state index in [4.69, 9.17) is 4.74 Å². The van der Waals surface area contributed by atoms with Crippen LogP contribution in [0.15, 0.2) is 0 Å². The van der Waals surface area contributed by atoms with Gasteiger partial charge in [-0.1, -0.05) is 13.8 Å². The molecule has 10 heavy (non-hydrogen) atoms. The van der Waals surface area contributed by atoms with Crippen LogP contribution < -0.4 is 0 Å². The van der Waals surface area contributed by atoms with Gasteiger partial charge in [0.25, 0.3) is 0 Å². The number of likely N-dealkylation sites (N-methyl/N-ethyl adjacent to an activating group) is 1. The van der Waals surface area contributed by atoms with E-state index in [9.17, 15) is 0 Å². The highest BCUT2D eigenvalue weighted by Gasteiger charge is 2.31. The summed E-state index contributed by atoms with van der Waals surface area (Å²) in [6, 6.07) is 0.632. The molecule has 0 amide bonds. The lowest BCUT2D eigenvalue weighted by Crippen LogP contribution is -2.35. The van der Waals surface area contributed by atoms with Gasteiger partial charge in [-0.2, -0.15) is 0 Å². The number of nitrogens with zero attached hydrogens (tertiary/aromatic N) is 1. The summed E-state index contributed by atoms with van der Waals surface area (Å²) in [5.74, 6) is 0.717. The molecule has 2 unspecified atom stereocenters. The maximum absolute atomic E-state index is 5.17. The predicted molar refractivity (Wildman–Crippen MR) is 41.8 cm³/mol. The summed E-state index contributed by atoms with van der Waals surface area (Å²) >= 11 is 0. The van der Waals surface area contributed by atoms with Gasteiger partial charge in [0.2, 0.25) is 0 Å². The molecule has 0 aromatic rings. The van der Waals surface area contributed by atoms with E-state index in [1.807, 2.05) is 0 Å². The lowest BCUT2D eigenvalue weighted by atomic mass is 10.1. The Hall–Kier alpha value is -0.0800. The molecule has 1 aliphatic rings. The van der Waals surface area contributed by atoms with E-state index in [1.54, 1.807) is 0 Å². The van der Waals surface area contributed by atoms with Gasteiger partial charge in [-0.05, 0) is 19.9 Å². The van der Waals surface area contributed by atoms with Crippen molar-refractivity contribution in [2.45, 2.75) is 33.0 Å². The van der Waals surface area contributed by atoms with Crippen molar-refractivity contribution in [1.82, 2.24) is 4.90 Å². The summed E-state index contributed by atoms with van der Waals surface area (Å²) in [4.78, 5) is 2.30.